The molecule has 3 aromatic carbocycles. The molecule has 1 heterocycles. The van der Waals surface area contributed by atoms with Crippen LogP contribution in [0.1, 0.15) is 48.3 Å². The molecule has 0 bridgehead atoms. The molecule has 0 aliphatic carbocycles. The zero-order chi connectivity index (χ0) is 25.7. The van der Waals surface area contributed by atoms with E-state index in [1.54, 1.807) is 17.0 Å². The van der Waals surface area contributed by atoms with Gasteiger partial charge in [0.15, 0.2) is 11.5 Å². The van der Waals surface area contributed by atoms with E-state index in [4.69, 9.17) is 14.2 Å². The number of rotatable bonds is 8. The Kier molecular flexibility index (Phi) is 8.15. The predicted molar refractivity (Wildman–Crippen MR) is 142 cm³/mol. The van der Waals surface area contributed by atoms with Gasteiger partial charge in [0.05, 0.1) is 25.9 Å². The Hall–Kier alpha value is -3.52. The highest BCUT2D eigenvalue weighted by Gasteiger charge is 2.35. The van der Waals surface area contributed by atoms with Crippen molar-refractivity contribution in [3.05, 3.63) is 81.8 Å². The van der Waals surface area contributed by atoms with Gasteiger partial charge in [-0.05, 0) is 56.7 Å². The summed E-state index contributed by atoms with van der Waals surface area (Å²) in [4.78, 5) is 28.7. The average molecular weight is 553 g/mol. The number of nitrogens with one attached hydrogen (secondary N) is 1. The van der Waals surface area contributed by atoms with Gasteiger partial charge < -0.3 is 24.4 Å². The number of amides is 2. The van der Waals surface area contributed by atoms with E-state index in [9.17, 15) is 9.59 Å². The van der Waals surface area contributed by atoms with Gasteiger partial charge in [-0.25, -0.2) is 0 Å². The summed E-state index contributed by atoms with van der Waals surface area (Å²) in [5, 5.41) is 2.95. The molecule has 3 aromatic rings. The third-order valence-electron chi connectivity index (χ3n) is 5.74. The second-order valence-corrected chi connectivity index (χ2v) is 9.04. The Labute approximate surface area is 219 Å². The highest BCUT2D eigenvalue weighted by Crippen LogP contribution is 2.42. The van der Waals surface area contributed by atoms with Crippen LogP contribution in [0, 0.1) is 0 Å². The van der Waals surface area contributed by atoms with Gasteiger partial charge in [-0.15, -0.1) is 0 Å². The first-order chi connectivity index (χ1) is 17.5. The third kappa shape index (κ3) is 5.33. The number of benzene rings is 3. The maximum absolute atomic E-state index is 14.1. The molecular weight excluding hydrogens is 524 g/mol. The molecule has 188 valence electrons. The zero-order valence-corrected chi connectivity index (χ0v) is 22.1. The second kappa shape index (κ2) is 11.5. The van der Waals surface area contributed by atoms with Crippen LogP contribution < -0.4 is 19.5 Å². The molecule has 0 fully saturated rings. The van der Waals surface area contributed by atoms with Crippen molar-refractivity contribution in [3.8, 4) is 17.2 Å². The highest BCUT2D eigenvalue weighted by molar-refractivity contribution is 9.10. The van der Waals surface area contributed by atoms with E-state index in [2.05, 4.69) is 21.2 Å². The largest absolute Gasteiger partial charge is 0.490 e. The molecule has 1 N–H and O–H groups in total. The summed E-state index contributed by atoms with van der Waals surface area (Å²) >= 11 is 3.55. The Morgan fingerprint density at radius 1 is 0.944 bits per heavy atom. The van der Waals surface area contributed by atoms with Gasteiger partial charge in [-0.1, -0.05) is 46.3 Å². The molecule has 36 heavy (non-hydrogen) atoms. The number of hydrogen-bond donors (Lipinski definition) is 1. The average Bonchev–Trinajstić information content (AvgIpc) is 3.01. The SMILES string of the molecule is CCOc1cc(C(=O)N2CC(=O)Nc3ccc(Br)cc3C2c2ccccc2)cc(OCC)c1OCC. The van der Waals surface area contributed by atoms with Crippen LogP contribution in [-0.2, 0) is 4.79 Å². The van der Waals surface area contributed by atoms with Crippen LogP contribution in [0.5, 0.6) is 17.2 Å². The lowest BCUT2D eigenvalue weighted by Crippen LogP contribution is -2.39. The topological polar surface area (TPSA) is 77.1 Å². The van der Waals surface area contributed by atoms with Crippen molar-refractivity contribution in [1.29, 1.82) is 0 Å². The second-order valence-electron chi connectivity index (χ2n) is 8.13. The molecule has 1 aliphatic rings. The molecule has 0 saturated carbocycles. The fraction of sp³-hybridized carbons (Fsp3) is 0.286. The first-order valence-corrected chi connectivity index (χ1v) is 12.8. The molecule has 7 nitrogen and oxygen atoms in total. The van der Waals surface area contributed by atoms with E-state index in [1.165, 1.54) is 0 Å². The summed E-state index contributed by atoms with van der Waals surface area (Å²) in [5.74, 6) is 0.711. The van der Waals surface area contributed by atoms with Crippen molar-refractivity contribution < 1.29 is 23.8 Å². The summed E-state index contributed by atoms with van der Waals surface area (Å²) in [6.45, 7) is 6.69. The van der Waals surface area contributed by atoms with Crippen molar-refractivity contribution >= 4 is 33.4 Å². The predicted octanol–water partition coefficient (Wildman–Crippen LogP) is 5.83. The third-order valence-corrected chi connectivity index (χ3v) is 6.23. The monoisotopic (exact) mass is 552 g/mol. The fourth-order valence-electron chi connectivity index (χ4n) is 4.34. The Balaban J connectivity index is 1.87. The Morgan fingerprint density at radius 3 is 2.19 bits per heavy atom. The van der Waals surface area contributed by atoms with Crippen LogP contribution in [0.25, 0.3) is 0 Å². The van der Waals surface area contributed by atoms with Gasteiger partial charge in [-0.2, -0.15) is 0 Å². The van der Waals surface area contributed by atoms with E-state index >= 15 is 0 Å². The van der Waals surface area contributed by atoms with Gasteiger partial charge in [0.1, 0.15) is 6.54 Å². The van der Waals surface area contributed by atoms with Crippen molar-refractivity contribution in [2.24, 2.45) is 0 Å². The molecule has 4 rings (SSSR count). The molecule has 0 saturated heterocycles. The summed E-state index contributed by atoms with van der Waals surface area (Å²) in [5.41, 5.74) is 2.72. The van der Waals surface area contributed by atoms with Crippen LogP contribution in [0.3, 0.4) is 0 Å². The maximum atomic E-state index is 14.1. The fourth-order valence-corrected chi connectivity index (χ4v) is 4.72. The summed E-state index contributed by atoms with van der Waals surface area (Å²) in [6.07, 6.45) is 0. The first kappa shape index (κ1) is 25.6. The molecule has 2 amide bonds. The summed E-state index contributed by atoms with van der Waals surface area (Å²) in [6, 6.07) is 18.2. The van der Waals surface area contributed by atoms with E-state index < -0.39 is 6.04 Å². The molecule has 1 aliphatic heterocycles. The van der Waals surface area contributed by atoms with Gasteiger partial charge in [0.25, 0.3) is 5.91 Å². The number of carbonyl (C=O) groups is 2. The zero-order valence-electron chi connectivity index (χ0n) is 20.5. The summed E-state index contributed by atoms with van der Waals surface area (Å²) < 4.78 is 18.3. The number of anilines is 1. The van der Waals surface area contributed by atoms with Crippen molar-refractivity contribution in [2.45, 2.75) is 26.8 Å². The standard InChI is InChI=1S/C28H29BrN2O5/c1-4-34-23-14-19(15-24(35-5-2)27(23)36-6-3)28(33)31-17-25(32)30-22-13-12-20(29)16-21(22)26(31)18-10-8-7-9-11-18/h7-16,26H,4-6,17H2,1-3H3,(H,30,32). The van der Waals surface area contributed by atoms with Gasteiger partial charge >= 0.3 is 0 Å². The lowest BCUT2D eigenvalue weighted by Gasteiger charge is -2.31. The van der Waals surface area contributed by atoms with Crippen LogP contribution in [-0.4, -0.2) is 43.1 Å². The minimum absolute atomic E-state index is 0.119. The van der Waals surface area contributed by atoms with Crippen LogP contribution in [0.4, 0.5) is 5.69 Å². The number of nitrogens with zero attached hydrogens (tertiary/aromatic N) is 1. The molecule has 0 spiro atoms. The number of hydrogen-bond acceptors (Lipinski definition) is 5. The summed E-state index contributed by atoms with van der Waals surface area (Å²) in [7, 11) is 0. The lowest BCUT2D eigenvalue weighted by atomic mass is 9.95. The first-order valence-electron chi connectivity index (χ1n) is 12.0. The molecule has 8 heteroatoms. The smallest absolute Gasteiger partial charge is 0.255 e. The van der Waals surface area contributed by atoms with Crippen molar-refractivity contribution in [1.82, 2.24) is 4.90 Å². The minimum atomic E-state index is -0.497. The number of halogens is 1. The Bertz CT molecular complexity index is 1220. The molecule has 0 aromatic heterocycles. The molecule has 1 atom stereocenters. The lowest BCUT2D eigenvalue weighted by molar-refractivity contribution is -0.117. The number of ether oxygens (including phenoxy) is 3. The van der Waals surface area contributed by atoms with Crippen LogP contribution >= 0.6 is 15.9 Å². The number of carbonyl (C=O) groups excluding carboxylic acids is 2. The molecule has 1 unspecified atom stereocenters. The maximum Gasteiger partial charge on any atom is 0.255 e. The van der Waals surface area contributed by atoms with Crippen LogP contribution in [0.15, 0.2) is 65.1 Å². The quantitative estimate of drug-likeness (QED) is 0.380. The van der Waals surface area contributed by atoms with E-state index in [0.717, 1.165) is 15.6 Å². The highest BCUT2D eigenvalue weighted by atomic mass is 79.9. The molecule has 0 radical (unpaired) electrons. The van der Waals surface area contributed by atoms with Crippen molar-refractivity contribution in [3.63, 3.8) is 0 Å². The van der Waals surface area contributed by atoms with Crippen molar-refractivity contribution in [2.75, 3.05) is 31.7 Å². The Morgan fingerprint density at radius 2 is 1.58 bits per heavy atom. The normalized spacial score (nSPS) is 14.9. The van der Waals surface area contributed by atoms with Gasteiger partial charge in [0, 0.05) is 21.3 Å². The number of fused-ring (bicyclic) bond motifs is 1. The van der Waals surface area contributed by atoms with Gasteiger partial charge in [0.2, 0.25) is 11.7 Å². The molecular formula is C28H29BrN2O5. The van der Waals surface area contributed by atoms with Crippen LogP contribution in [0.2, 0.25) is 0 Å². The van der Waals surface area contributed by atoms with E-state index in [-0.39, 0.29) is 18.4 Å². The van der Waals surface area contributed by atoms with E-state index in [1.807, 2.05) is 69.3 Å². The van der Waals surface area contributed by atoms with Gasteiger partial charge in [-0.3, -0.25) is 9.59 Å². The minimum Gasteiger partial charge on any atom is -0.490 e. The van der Waals surface area contributed by atoms with E-state index in [0.29, 0.717) is 48.3 Å².